The van der Waals surface area contributed by atoms with E-state index in [2.05, 4.69) is 14.4 Å². The number of para-hydroxylation sites is 1. The van der Waals surface area contributed by atoms with E-state index in [1.54, 1.807) is 6.20 Å². The first-order valence-corrected chi connectivity index (χ1v) is 6.63. The largest absolute Gasteiger partial charge is 0.761 e. The molecule has 0 aliphatic carbocycles. The van der Waals surface area contributed by atoms with Gasteiger partial charge in [-0.3, -0.25) is 4.28 Å². The molecule has 2 rings (SSSR count). The second kappa shape index (κ2) is 4.92. The molecule has 8 heteroatoms. The van der Waals surface area contributed by atoms with Gasteiger partial charge in [0.2, 0.25) is 0 Å². The van der Waals surface area contributed by atoms with Gasteiger partial charge in [-0.1, -0.05) is 28.4 Å². The number of rotatable bonds is 4. The number of fused-ring (bicyclic) bond motifs is 1. The van der Waals surface area contributed by atoms with Crippen molar-refractivity contribution < 1.29 is 17.3 Å². The highest BCUT2D eigenvalue weighted by molar-refractivity contribution is 7.81. The molecule has 1 N–H and O–H groups in total. The lowest BCUT2D eigenvalue weighted by Gasteiger charge is -2.10. The Labute approximate surface area is 109 Å². The average molecular weight is 284 g/mol. The molecule has 6 nitrogen and oxygen atoms in total. The zero-order valence-electron chi connectivity index (χ0n) is 8.99. The summed E-state index contributed by atoms with van der Waals surface area (Å²) in [5, 5.41) is 4.04. The van der Waals surface area contributed by atoms with Gasteiger partial charge in [0.05, 0.1) is 0 Å². The zero-order valence-corrected chi connectivity index (χ0v) is 10.6. The monoisotopic (exact) mass is 284 g/mol. The summed E-state index contributed by atoms with van der Waals surface area (Å²) in [6, 6.07) is 7.56. The van der Waals surface area contributed by atoms with Gasteiger partial charge in [0.25, 0.3) is 10.4 Å². The molecule has 18 heavy (non-hydrogen) atoms. The summed E-state index contributed by atoms with van der Waals surface area (Å²) in [7, 11) is -4.85. The summed E-state index contributed by atoms with van der Waals surface area (Å²) in [6.07, 6.45) is 1.97. The number of hydrogen-bond acceptors (Lipinski definition) is 6. The highest BCUT2D eigenvalue weighted by Crippen LogP contribution is 2.18. The van der Waals surface area contributed by atoms with E-state index < -0.39 is 10.4 Å². The van der Waals surface area contributed by atoms with E-state index in [0.717, 1.165) is 16.5 Å². The molecule has 0 saturated heterocycles. The molecule has 0 bridgehead atoms. The summed E-state index contributed by atoms with van der Waals surface area (Å²) < 4.78 is 34.4. The third-order valence-corrected chi connectivity index (χ3v) is 2.72. The normalized spacial score (nSPS) is 12.8. The van der Waals surface area contributed by atoms with Crippen LogP contribution in [-0.4, -0.2) is 23.0 Å². The number of aromatic amines is 1. The van der Waals surface area contributed by atoms with E-state index in [4.69, 9.17) is 12.6 Å². The van der Waals surface area contributed by atoms with Crippen LogP contribution in [0.1, 0.15) is 5.56 Å². The summed E-state index contributed by atoms with van der Waals surface area (Å²) >= 11 is 4.82. The lowest BCUT2D eigenvalue weighted by Crippen LogP contribution is -2.04. The molecule has 1 aromatic heterocycles. The molecular weight excluding hydrogens is 276 g/mol. The Morgan fingerprint density at radius 1 is 1.44 bits per heavy atom. The number of nitrogens with one attached hydrogen (secondary N) is 1. The molecule has 0 saturated carbocycles. The van der Waals surface area contributed by atoms with Crippen molar-refractivity contribution in [2.75, 3.05) is 0 Å². The van der Waals surface area contributed by atoms with Gasteiger partial charge in [-0.2, -0.15) is 8.42 Å². The molecule has 0 spiro atoms. The number of benzene rings is 1. The molecule has 0 aliphatic rings. The lowest BCUT2D eigenvalue weighted by molar-refractivity contribution is 0.275. The van der Waals surface area contributed by atoms with E-state index >= 15 is 0 Å². The first-order valence-electron chi connectivity index (χ1n) is 4.89. The number of aromatic nitrogens is 1. The van der Waals surface area contributed by atoms with Crippen molar-refractivity contribution in [1.82, 2.24) is 4.98 Å². The van der Waals surface area contributed by atoms with Gasteiger partial charge in [0, 0.05) is 17.1 Å². The predicted octanol–water partition coefficient (Wildman–Crippen LogP) is 1.05. The zero-order chi connectivity index (χ0) is 13.2. The molecule has 0 fully saturated rings. The molecule has 0 aliphatic heterocycles. The Balaban J connectivity index is 2.19. The van der Waals surface area contributed by atoms with Crippen LogP contribution in [0.25, 0.3) is 10.9 Å². The second-order valence-corrected chi connectivity index (χ2v) is 4.94. The van der Waals surface area contributed by atoms with Crippen LogP contribution < -0.4 is 0 Å². The maximum atomic E-state index is 10.2. The summed E-state index contributed by atoms with van der Waals surface area (Å²) in [4.78, 5) is 3.04. The molecule has 0 unspecified atom stereocenters. The van der Waals surface area contributed by atoms with Crippen molar-refractivity contribution in [3.05, 3.63) is 36.0 Å². The first-order chi connectivity index (χ1) is 8.46. The summed E-state index contributed by atoms with van der Waals surface area (Å²) in [5.74, 6) is 0. The number of hydrogen-bond donors (Lipinski definition) is 1. The van der Waals surface area contributed by atoms with Crippen molar-refractivity contribution in [2.24, 2.45) is 5.16 Å². The average Bonchev–Trinajstić information content (AvgIpc) is 2.70. The van der Waals surface area contributed by atoms with Crippen LogP contribution in [0.15, 0.2) is 35.6 Å². The van der Waals surface area contributed by atoms with Gasteiger partial charge >= 0.3 is 0 Å². The van der Waals surface area contributed by atoms with Gasteiger partial charge in [0.15, 0.2) is 0 Å². The molecule has 0 atom stereocenters. The van der Waals surface area contributed by atoms with Crippen LogP contribution >= 0.6 is 0 Å². The predicted molar refractivity (Wildman–Crippen MR) is 67.6 cm³/mol. The van der Waals surface area contributed by atoms with Crippen molar-refractivity contribution in [2.45, 2.75) is 6.42 Å². The quantitative estimate of drug-likeness (QED) is 0.226. The van der Waals surface area contributed by atoms with Crippen LogP contribution in [-0.2, 0) is 33.7 Å². The first kappa shape index (κ1) is 12.8. The Hall–Kier alpha value is -1.64. The van der Waals surface area contributed by atoms with Gasteiger partial charge in [-0.15, -0.1) is 0 Å². The molecule has 1 aromatic carbocycles. The smallest absolute Gasteiger partial charge is 0.283 e. The fraction of sp³-hybridized carbons (Fsp3) is 0.100. The maximum absolute atomic E-state index is 10.2. The van der Waals surface area contributed by atoms with Crippen LogP contribution in [0.4, 0.5) is 0 Å². The molecular formula is C10H8N2O4S2-2. The molecule has 0 radical (unpaired) electrons. The third kappa shape index (κ3) is 3.19. The van der Waals surface area contributed by atoms with Gasteiger partial charge in [0.1, 0.15) is 0 Å². The Kier molecular flexibility index (Phi) is 3.50. The molecule has 96 valence electrons. The Morgan fingerprint density at radius 3 is 2.89 bits per heavy atom. The SMILES string of the molecule is O=S(=O)([O-])O/N=C(\[S-])Cc1c[nH]c2ccccc12. The van der Waals surface area contributed by atoms with E-state index in [-0.39, 0.29) is 11.5 Å². The van der Waals surface area contributed by atoms with E-state index in [1.165, 1.54) is 0 Å². The van der Waals surface area contributed by atoms with Gasteiger partial charge < -0.3 is 22.2 Å². The van der Waals surface area contributed by atoms with Gasteiger partial charge in [-0.05, 0) is 18.1 Å². The van der Waals surface area contributed by atoms with Crippen LogP contribution in [0.2, 0.25) is 0 Å². The topological polar surface area (TPSA) is 94.6 Å². The minimum absolute atomic E-state index is 0.0146. The summed E-state index contributed by atoms with van der Waals surface area (Å²) in [5.41, 5.74) is 1.79. The molecule has 0 amide bonds. The van der Waals surface area contributed by atoms with E-state index in [0.29, 0.717) is 0 Å². The van der Waals surface area contributed by atoms with Crippen LogP contribution in [0, 0.1) is 0 Å². The molecule has 2 aromatic rings. The van der Waals surface area contributed by atoms with Crippen molar-refractivity contribution in [3.63, 3.8) is 0 Å². The van der Waals surface area contributed by atoms with Crippen molar-refractivity contribution >= 4 is 39.0 Å². The van der Waals surface area contributed by atoms with Crippen LogP contribution in [0.3, 0.4) is 0 Å². The highest BCUT2D eigenvalue weighted by Gasteiger charge is 2.02. The lowest BCUT2D eigenvalue weighted by atomic mass is 10.1. The van der Waals surface area contributed by atoms with Crippen LogP contribution in [0.5, 0.6) is 0 Å². The maximum Gasteiger partial charge on any atom is 0.283 e. The fourth-order valence-corrected chi connectivity index (χ4v) is 1.98. The number of nitrogens with zero attached hydrogens (tertiary/aromatic N) is 1. The standard InChI is InChI=1S/C10H10N2O4S2/c13-18(14,15)16-12-10(17)5-7-6-11-9-4-2-1-3-8(7)9/h1-4,6,11H,5H2,(H,12,17)(H,13,14,15)/p-2. The van der Waals surface area contributed by atoms with Gasteiger partial charge in [-0.25, -0.2) is 0 Å². The summed E-state index contributed by atoms with van der Waals surface area (Å²) in [6.45, 7) is 0. The Morgan fingerprint density at radius 2 is 2.17 bits per heavy atom. The third-order valence-electron chi connectivity index (χ3n) is 2.25. The second-order valence-electron chi connectivity index (χ2n) is 3.50. The minimum Gasteiger partial charge on any atom is -0.761 e. The van der Waals surface area contributed by atoms with Crippen molar-refractivity contribution in [1.29, 1.82) is 0 Å². The Bertz CT molecular complexity index is 691. The highest BCUT2D eigenvalue weighted by atomic mass is 32.3. The number of oxime groups is 1. The van der Waals surface area contributed by atoms with E-state index in [1.807, 2.05) is 24.3 Å². The molecule has 1 heterocycles. The minimum atomic E-state index is -4.85. The van der Waals surface area contributed by atoms with E-state index in [9.17, 15) is 13.0 Å². The number of H-pyrrole nitrogens is 1. The fourth-order valence-electron chi connectivity index (χ4n) is 1.56. The van der Waals surface area contributed by atoms with Crippen molar-refractivity contribution in [3.8, 4) is 0 Å².